The number of fused-ring (bicyclic) bond motifs is 1. The normalized spacial score (nSPS) is 23.4. The third-order valence-corrected chi connectivity index (χ3v) is 9.04. The standard InChI is InChI=1S/C29H30F3N5O3S/c1-17-10-19-6-7-20(29(30,31)32)12-26(19)41(40)36(15-17)16-18-4-3-5-21(11-18)37-9-8-22(28(38)39)27(37)24-13-23(24)25(35-33)14-34-2/h3-9,11-12,14,17,23-24H,10,13,15-16,33H2,1-2H3,(H,38,39)/t17-,23?,24+,41?/m0/s1. The lowest BCUT2D eigenvalue weighted by Gasteiger charge is -2.24. The average Bonchev–Trinajstić information content (AvgIpc) is 3.60. The molecule has 0 saturated heterocycles. The van der Waals surface area contributed by atoms with Crippen LogP contribution in [0.1, 0.15) is 52.0 Å². The van der Waals surface area contributed by atoms with E-state index in [1.54, 1.807) is 29.8 Å². The lowest BCUT2D eigenvalue weighted by Crippen LogP contribution is -2.33. The Morgan fingerprint density at radius 1 is 1.24 bits per heavy atom. The molecule has 4 atom stereocenters. The van der Waals surface area contributed by atoms with E-state index in [-0.39, 0.29) is 34.8 Å². The molecule has 12 heteroatoms. The molecule has 0 spiro atoms. The van der Waals surface area contributed by atoms with E-state index in [4.69, 9.17) is 5.84 Å². The maximum Gasteiger partial charge on any atom is 0.416 e. The topological polar surface area (TPSA) is 119 Å². The number of carboxylic acid groups (broad SMARTS) is 1. The summed E-state index contributed by atoms with van der Waals surface area (Å²) in [6, 6.07) is 12.5. The van der Waals surface area contributed by atoms with Crippen molar-refractivity contribution in [3.63, 3.8) is 0 Å². The van der Waals surface area contributed by atoms with E-state index in [1.807, 2.05) is 35.8 Å². The Labute approximate surface area is 238 Å². The van der Waals surface area contributed by atoms with E-state index < -0.39 is 29.1 Å². The number of nitrogens with zero attached hydrogens (tertiary/aromatic N) is 4. The van der Waals surface area contributed by atoms with Gasteiger partial charge in [-0.15, -0.1) is 4.31 Å². The van der Waals surface area contributed by atoms with E-state index in [2.05, 4.69) is 10.1 Å². The van der Waals surface area contributed by atoms with Crippen LogP contribution < -0.4 is 5.84 Å². The van der Waals surface area contributed by atoms with Crippen LogP contribution >= 0.6 is 0 Å². The van der Waals surface area contributed by atoms with Crippen molar-refractivity contribution < 1.29 is 27.6 Å². The molecule has 8 nitrogen and oxygen atoms in total. The molecule has 2 heterocycles. The first-order valence-corrected chi connectivity index (χ1v) is 14.2. The molecule has 2 aromatic carbocycles. The van der Waals surface area contributed by atoms with Crippen LogP contribution in [0.5, 0.6) is 0 Å². The van der Waals surface area contributed by atoms with Gasteiger partial charge in [0.2, 0.25) is 0 Å². The number of carbonyl (C=O) groups is 1. The highest BCUT2D eigenvalue weighted by Gasteiger charge is 2.45. The lowest BCUT2D eigenvalue weighted by atomic mass is 9.99. The molecule has 3 N–H and O–H groups in total. The Morgan fingerprint density at radius 3 is 2.71 bits per heavy atom. The number of alkyl halides is 3. The Hall–Kier alpha value is -3.61. The van der Waals surface area contributed by atoms with Gasteiger partial charge in [0.15, 0.2) is 4.90 Å². The largest absolute Gasteiger partial charge is 0.593 e. The van der Waals surface area contributed by atoms with Gasteiger partial charge in [-0.1, -0.05) is 25.1 Å². The summed E-state index contributed by atoms with van der Waals surface area (Å²) in [4.78, 5) is 16.3. The quantitative estimate of drug-likeness (QED) is 0.175. The van der Waals surface area contributed by atoms with Crippen LogP contribution in [0.3, 0.4) is 0 Å². The molecule has 1 saturated carbocycles. The zero-order chi connectivity index (χ0) is 29.5. The van der Waals surface area contributed by atoms with Gasteiger partial charge in [0.1, 0.15) is 0 Å². The summed E-state index contributed by atoms with van der Waals surface area (Å²) in [6.45, 7) is 2.67. The predicted octanol–water partition coefficient (Wildman–Crippen LogP) is 5.03. The fourth-order valence-corrected chi connectivity index (χ4v) is 7.14. The molecule has 0 amide bonds. The maximum absolute atomic E-state index is 13.6. The second-order valence-corrected chi connectivity index (χ2v) is 12.0. The van der Waals surface area contributed by atoms with Crippen molar-refractivity contribution in [2.45, 2.75) is 43.3 Å². The van der Waals surface area contributed by atoms with Crippen LogP contribution in [0.25, 0.3) is 5.69 Å². The van der Waals surface area contributed by atoms with Gasteiger partial charge in [-0.2, -0.15) is 18.3 Å². The van der Waals surface area contributed by atoms with Gasteiger partial charge < -0.3 is 20.1 Å². The van der Waals surface area contributed by atoms with Crippen molar-refractivity contribution in [2.24, 2.45) is 27.8 Å². The van der Waals surface area contributed by atoms with Crippen LogP contribution in [-0.2, 0) is 30.5 Å². The molecule has 1 fully saturated rings. The highest BCUT2D eigenvalue weighted by molar-refractivity contribution is 7.89. The number of hydrogen-bond donors (Lipinski definition) is 2. The number of halogens is 3. The highest BCUT2D eigenvalue weighted by Crippen LogP contribution is 2.50. The molecule has 0 bridgehead atoms. The maximum atomic E-state index is 13.6. The van der Waals surface area contributed by atoms with Gasteiger partial charge in [0, 0.05) is 60.9 Å². The summed E-state index contributed by atoms with van der Waals surface area (Å²) in [7, 11) is 1.62. The number of rotatable bonds is 7. The van der Waals surface area contributed by atoms with Crippen molar-refractivity contribution in [1.29, 1.82) is 0 Å². The number of benzene rings is 2. The third kappa shape index (κ3) is 5.90. The van der Waals surface area contributed by atoms with Crippen molar-refractivity contribution in [3.05, 3.63) is 82.7 Å². The number of aliphatic imine (C=N–C) groups is 1. The minimum atomic E-state index is -4.53. The zero-order valence-corrected chi connectivity index (χ0v) is 23.3. The third-order valence-electron chi connectivity index (χ3n) is 7.54. The number of hydrogen-bond acceptors (Lipinski definition) is 6. The van der Waals surface area contributed by atoms with E-state index in [0.29, 0.717) is 36.4 Å². The minimum absolute atomic E-state index is 0.0544. The molecule has 1 aromatic heterocycles. The summed E-state index contributed by atoms with van der Waals surface area (Å²) < 4.78 is 57.4. The summed E-state index contributed by atoms with van der Waals surface area (Å²) in [5, 5.41) is 13.7. The molecule has 5 rings (SSSR count). The van der Waals surface area contributed by atoms with Crippen molar-refractivity contribution in [3.8, 4) is 5.69 Å². The molecule has 3 aromatic rings. The molecule has 216 valence electrons. The van der Waals surface area contributed by atoms with Gasteiger partial charge in [-0.05, 0) is 48.6 Å². The van der Waals surface area contributed by atoms with Gasteiger partial charge in [-0.3, -0.25) is 4.99 Å². The van der Waals surface area contributed by atoms with Crippen LogP contribution in [0.4, 0.5) is 13.2 Å². The second-order valence-electron chi connectivity index (χ2n) is 10.6. The number of aromatic carboxylic acids is 1. The Morgan fingerprint density at radius 2 is 2.02 bits per heavy atom. The molecule has 2 aliphatic rings. The number of carboxylic acids is 1. The Kier molecular flexibility index (Phi) is 8.00. The van der Waals surface area contributed by atoms with E-state index >= 15 is 0 Å². The highest BCUT2D eigenvalue weighted by atomic mass is 32.2. The number of nitrogens with two attached hydrogens (primary N) is 1. The second kappa shape index (κ2) is 11.3. The monoisotopic (exact) mass is 585 g/mol. The first kappa shape index (κ1) is 28.9. The summed E-state index contributed by atoms with van der Waals surface area (Å²) >= 11 is -1.79. The molecule has 41 heavy (non-hydrogen) atoms. The predicted molar refractivity (Wildman–Crippen MR) is 151 cm³/mol. The fourth-order valence-electron chi connectivity index (χ4n) is 5.60. The van der Waals surface area contributed by atoms with Gasteiger partial charge in [-0.25, -0.2) is 4.79 Å². The van der Waals surface area contributed by atoms with Gasteiger partial charge in [0.25, 0.3) is 0 Å². The van der Waals surface area contributed by atoms with Crippen molar-refractivity contribution >= 4 is 29.3 Å². The van der Waals surface area contributed by atoms with E-state index in [9.17, 15) is 27.6 Å². The summed E-state index contributed by atoms with van der Waals surface area (Å²) in [6.07, 6.45) is -0.0330. The van der Waals surface area contributed by atoms with E-state index in [0.717, 1.165) is 23.4 Å². The molecule has 1 aliphatic heterocycles. The van der Waals surface area contributed by atoms with Gasteiger partial charge >= 0.3 is 12.1 Å². The number of aromatic nitrogens is 1. The molecular weight excluding hydrogens is 555 g/mol. The molecule has 2 unspecified atom stereocenters. The van der Waals surface area contributed by atoms with Gasteiger partial charge in [0.05, 0.1) is 34.7 Å². The van der Waals surface area contributed by atoms with Crippen LogP contribution in [-0.4, -0.2) is 50.0 Å². The summed E-state index contributed by atoms with van der Waals surface area (Å²) in [5.74, 6) is 4.42. The average molecular weight is 586 g/mol. The molecule has 0 radical (unpaired) electrons. The smallest absolute Gasteiger partial charge is 0.416 e. The number of hydrazone groups is 1. The van der Waals surface area contributed by atoms with Crippen molar-refractivity contribution in [2.75, 3.05) is 13.6 Å². The first-order valence-electron chi connectivity index (χ1n) is 13.1. The van der Waals surface area contributed by atoms with Crippen LogP contribution in [0.2, 0.25) is 0 Å². The zero-order valence-electron chi connectivity index (χ0n) is 22.5. The fraction of sp³-hybridized carbons (Fsp3) is 0.345. The molecule has 1 aliphatic carbocycles. The Balaban J connectivity index is 1.45. The van der Waals surface area contributed by atoms with Crippen molar-refractivity contribution in [1.82, 2.24) is 8.87 Å². The minimum Gasteiger partial charge on any atom is -0.593 e. The lowest BCUT2D eigenvalue weighted by molar-refractivity contribution is -0.137. The molecular formula is C29H30F3N5O3S. The van der Waals surface area contributed by atoms with Crippen LogP contribution in [0.15, 0.2) is 69.7 Å². The Bertz CT molecular complexity index is 1520. The summed E-state index contributed by atoms with van der Waals surface area (Å²) in [5.41, 5.74) is 2.77. The van der Waals surface area contributed by atoms with E-state index in [1.165, 1.54) is 6.07 Å². The SMILES string of the molecule is CN=CC(=NN)C1C[C@H]1c1c(C(=O)O)ccn1-c1cccc(CN2C[C@@H](C)Cc3ccc(C(F)(F)F)cc3[S+]2[O-])c1. The first-order chi connectivity index (χ1) is 19.5. The van der Waals surface area contributed by atoms with Crippen LogP contribution in [0, 0.1) is 11.8 Å².